The van der Waals surface area contributed by atoms with E-state index in [9.17, 15) is 9.59 Å². The van der Waals surface area contributed by atoms with Crippen LogP contribution in [0.2, 0.25) is 0 Å². The number of carbonyl (C=O) groups is 2. The minimum absolute atomic E-state index is 0.0654. The van der Waals surface area contributed by atoms with Gasteiger partial charge in [-0.3, -0.25) is 9.59 Å². The van der Waals surface area contributed by atoms with E-state index in [2.05, 4.69) is 10.6 Å². The van der Waals surface area contributed by atoms with E-state index in [4.69, 9.17) is 5.73 Å². The quantitative estimate of drug-likeness (QED) is 0.682. The Labute approximate surface area is 108 Å². The molecule has 0 aromatic rings. The zero-order chi connectivity index (χ0) is 13.0. The van der Waals surface area contributed by atoms with Crippen molar-refractivity contribution in [2.45, 2.75) is 62.9 Å². The largest absolute Gasteiger partial charge is 0.354 e. The van der Waals surface area contributed by atoms with Crippen molar-refractivity contribution in [2.75, 3.05) is 6.54 Å². The maximum Gasteiger partial charge on any atom is 0.242 e. The Morgan fingerprint density at radius 3 is 2.72 bits per heavy atom. The number of rotatable bonds is 3. The molecule has 1 saturated carbocycles. The Bertz CT molecular complexity index is 324. The Balaban J connectivity index is 1.82. The fourth-order valence-electron chi connectivity index (χ4n) is 2.91. The summed E-state index contributed by atoms with van der Waals surface area (Å²) >= 11 is 0. The molecule has 102 valence electrons. The summed E-state index contributed by atoms with van der Waals surface area (Å²) in [5.74, 6) is -0.147. The van der Waals surface area contributed by atoms with Gasteiger partial charge in [0.15, 0.2) is 0 Å². The molecule has 0 bridgehead atoms. The first-order chi connectivity index (χ1) is 8.59. The molecule has 1 saturated heterocycles. The van der Waals surface area contributed by atoms with Gasteiger partial charge in [0.2, 0.25) is 11.8 Å². The summed E-state index contributed by atoms with van der Waals surface area (Å²) in [6.07, 6.45) is 7.25. The van der Waals surface area contributed by atoms with Crippen LogP contribution in [0.3, 0.4) is 0 Å². The normalized spacial score (nSPS) is 27.4. The van der Waals surface area contributed by atoms with Gasteiger partial charge in [-0.2, -0.15) is 0 Å². The number of amides is 2. The van der Waals surface area contributed by atoms with Gasteiger partial charge in [-0.1, -0.05) is 19.3 Å². The monoisotopic (exact) mass is 253 g/mol. The van der Waals surface area contributed by atoms with Crippen molar-refractivity contribution < 1.29 is 9.59 Å². The van der Waals surface area contributed by atoms with Crippen LogP contribution in [0.15, 0.2) is 0 Å². The van der Waals surface area contributed by atoms with Crippen molar-refractivity contribution in [2.24, 2.45) is 5.73 Å². The molecule has 1 aliphatic heterocycles. The SMILES string of the molecule is NC1(CC(=O)NC2CCCNC2=O)CCCCC1. The number of nitrogens with two attached hydrogens (primary N) is 1. The second kappa shape index (κ2) is 5.69. The van der Waals surface area contributed by atoms with Gasteiger partial charge in [0.1, 0.15) is 6.04 Å². The number of hydrogen-bond donors (Lipinski definition) is 3. The van der Waals surface area contributed by atoms with Gasteiger partial charge in [0, 0.05) is 18.5 Å². The highest BCUT2D eigenvalue weighted by atomic mass is 16.2. The van der Waals surface area contributed by atoms with Crippen LogP contribution in [-0.2, 0) is 9.59 Å². The summed E-state index contributed by atoms with van der Waals surface area (Å²) in [4.78, 5) is 23.5. The molecule has 5 heteroatoms. The van der Waals surface area contributed by atoms with Crippen molar-refractivity contribution in [1.29, 1.82) is 0 Å². The number of piperidine rings is 1. The van der Waals surface area contributed by atoms with Crippen molar-refractivity contribution in [3.8, 4) is 0 Å². The molecule has 2 rings (SSSR count). The molecule has 5 nitrogen and oxygen atoms in total. The van der Waals surface area contributed by atoms with Crippen LogP contribution < -0.4 is 16.4 Å². The number of carbonyl (C=O) groups excluding carboxylic acids is 2. The molecule has 0 spiro atoms. The maximum atomic E-state index is 12.0. The molecule has 0 aromatic heterocycles. The van der Waals surface area contributed by atoms with Crippen molar-refractivity contribution in [3.05, 3.63) is 0 Å². The molecular weight excluding hydrogens is 230 g/mol. The molecule has 0 aromatic carbocycles. The highest BCUT2D eigenvalue weighted by Gasteiger charge is 2.31. The lowest BCUT2D eigenvalue weighted by Gasteiger charge is -2.33. The van der Waals surface area contributed by atoms with Gasteiger partial charge < -0.3 is 16.4 Å². The number of nitrogens with one attached hydrogen (secondary N) is 2. The smallest absolute Gasteiger partial charge is 0.242 e. The highest BCUT2D eigenvalue weighted by molar-refractivity contribution is 5.88. The Kier molecular flexibility index (Phi) is 4.22. The lowest BCUT2D eigenvalue weighted by molar-refractivity contribution is -0.130. The first kappa shape index (κ1) is 13.3. The molecule has 2 amide bonds. The van der Waals surface area contributed by atoms with Crippen LogP contribution in [-0.4, -0.2) is 29.9 Å². The molecule has 18 heavy (non-hydrogen) atoms. The van der Waals surface area contributed by atoms with Crippen molar-refractivity contribution in [3.63, 3.8) is 0 Å². The van der Waals surface area contributed by atoms with Gasteiger partial charge in [-0.25, -0.2) is 0 Å². The summed E-state index contributed by atoms with van der Waals surface area (Å²) in [6.45, 7) is 0.714. The van der Waals surface area contributed by atoms with Gasteiger partial charge >= 0.3 is 0 Å². The standard InChI is InChI=1S/C13H23N3O2/c14-13(6-2-1-3-7-13)9-11(17)16-10-5-4-8-15-12(10)18/h10H,1-9,14H2,(H,15,18)(H,16,17). The first-order valence-corrected chi connectivity index (χ1v) is 6.95. The van der Waals surface area contributed by atoms with Crippen LogP contribution in [0.5, 0.6) is 0 Å². The average molecular weight is 253 g/mol. The Hall–Kier alpha value is -1.10. The first-order valence-electron chi connectivity index (χ1n) is 6.95. The van der Waals surface area contributed by atoms with E-state index < -0.39 is 0 Å². The van der Waals surface area contributed by atoms with E-state index in [1.165, 1.54) is 6.42 Å². The molecule has 4 N–H and O–H groups in total. The molecule has 1 atom stereocenters. The van der Waals surface area contributed by atoms with Gasteiger partial charge in [0.25, 0.3) is 0 Å². The van der Waals surface area contributed by atoms with Gasteiger partial charge in [0.05, 0.1) is 0 Å². The minimum Gasteiger partial charge on any atom is -0.354 e. The van der Waals surface area contributed by atoms with E-state index in [-0.39, 0.29) is 23.4 Å². The molecular formula is C13H23N3O2. The molecule has 0 radical (unpaired) electrons. The third-order valence-corrected chi connectivity index (χ3v) is 3.98. The Morgan fingerprint density at radius 1 is 1.33 bits per heavy atom. The minimum atomic E-state index is -0.363. The molecule has 1 heterocycles. The average Bonchev–Trinajstić information content (AvgIpc) is 2.32. The van der Waals surface area contributed by atoms with Gasteiger partial charge in [-0.15, -0.1) is 0 Å². The lowest BCUT2D eigenvalue weighted by atomic mass is 9.80. The second-order valence-corrected chi connectivity index (χ2v) is 5.65. The third-order valence-electron chi connectivity index (χ3n) is 3.98. The maximum absolute atomic E-state index is 12.0. The summed E-state index contributed by atoms with van der Waals surface area (Å²) < 4.78 is 0. The zero-order valence-corrected chi connectivity index (χ0v) is 10.8. The predicted molar refractivity (Wildman–Crippen MR) is 68.8 cm³/mol. The summed E-state index contributed by atoms with van der Waals surface area (Å²) in [5.41, 5.74) is 5.88. The molecule has 1 unspecified atom stereocenters. The summed E-state index contributed by atoms with van der Waals surface area (Å²) in [7, 11) is 0. The van der Waals surface area contributed by atoms with Gasteiger partial charge in [-0.05, 0) is 25.7 Å². The van der Waals surface area contributed by atoms with Crippen molar-refractivity contribution in [1.82, 2.24) is 10.6 Å². The fraction of sp³-hybridized carbons (Fsp3) is 0.846. The lowest BCUT2D eigenvalue weighted by Crippen LogP contribution is -2.53. The van der Waals surface area contributed by atoms with Crippen LogP contribution in [0.4, 0.5) is 0 Å². The van der Waals surface area contributed by atoms with E-state index in [1.807, 2.05) is 0 Å². The van der Waals surface area contributed by atoms with E-state index >= 15 is 0 Å². The molecule has 2 fully saturated rings. The fourth-order valence-corrected chi connectivity index (χ4v) is 2.91. The summed E-state index contributed by atoms with van der Waals surface area (Å²) in [5, 5.41) is 5.58. The van der Waals surface area contributed by atoms with Crippen LogP contribution >= 0.6 is 0 Å². The highest BCUT2D eigenvalue weighted by Crippen LogP contribution is 2.28. The number of hydrogen-bond acceptors (Lipinski definition) is 3. The topological polar surface area (TPSA) is 84.2 Å². The van der Waals surface area contributed by atoms with Crippen LogP contribution in [0, 0.1) is 0 Å². The third kappa shape index (κ3) is 3.45. The predicted octanol–water partition coefficient (Wildman–Crippen LogP) is 0.433. The van der Waals surface area contributed by atoms with Crippen LogP contribution in [0.25, 0.3) is 0 Å². The Morgan fingerprint density at radius 2 is 2.06 bits per heavy atom. The summed E-state index contributed by atoms with van der Waals surface area (Å²) in [6, 6.07) is -0.363. The van der Waals surface area contributed by atoms with E-state index in [1.54, 1.807) is 0 Å². The zero-order valence-electron chi connectivity index (χ0n) is 10.8. The van der Waals surface area contributed by atoms with Crippen LogP contribution in [0.1, 0.15) is 51.4 Å². The molecule has 2 aliphatic rings. The molecule has 1 aliphatic carbocycles. The van der Waals surface area contributed by atoms with E-state index in [0.29, 0.717) is 13.0 Å². The van der Waals surface area contributed by atoms with E-state index in [0.717, 1.165) is 38.5 Å². The van der Waals surface area contributed by atoms with Crippen molar-refractivity contribution >= 4 is 11.8 Å². The second-order valence-electron chi connectivity index (χ2n) is 5.65.